The number of rotatable bonds is 4. The minimum Gasteiger partial charge on any atom is -0.338 e. The molecule has 0 radical (unpaired) electrons. The van der Waals surface area contributed by atoms with E-state index in [1.54, 1.807) is 0 Å². The molecule has 0 atom stereocenters. The van der Waals surface area contributed by atoms with Crippen LogP contribution in [0.2, 0.25) is 0 Å². The van der Waals surface area contributed by atoms with Crippen molar-refractivity contribution >= 4 is 11.6 Å². The summed E-state index contributed by atoms with van der Waals surface area (Å²) >= 11 is 5.95. The maximum Gasteiger partial charge on any atom is 0.137 e. The zero-order valence-corrected chi connectivity index (χ0v) is 15.3. The number of halogens is 1. The summed E-state index contributed by atoms with van der Waals surface area (Å²) in [4.78, 5) is 8.05. The summed E-state index contributed by atoms with van der Waals surface area (Å²) in [6, 6.07) is 25.0. The van der Waals surface area contributed by atoms with Crippen LogP contribution in [0.5, 0.6) is 0 Å². The molecule has 0 amide bonds. The molecule has 2 nitrogen and oxygen atoms in total. The Morgan fingerprint density at radius 1 is 0.846 bits per heavy atom. The predicted molar refractivity (Wildman–Crippen MR) is 109 cm³/mol. The molecular formula is C23H19ClN2. The Hall–Kier alpha value is -2.84. The van der Waals surface area contributed by atoms with Crippen molar-refractivity contribution in [1.82, 2.24) is 9.97 Å². The van der Waals surface area contributed by atoms with Crippen LogP contribution in [0.15, 0.2) is 79.0 Å². The van der Waals surface area contributed by atoms with Gasteiger partial charge in [-0.05, 0) is 35.2 Å². The second kappa shape index (κ2) is 7.19. The number of nitrogens with zero attached hydrogens (tertiary/aromatic N) is 1. The summed E-state index contributed by atoms with van der Waals surface area (Å²) in [5.41, 5.74) is 8.02. The monoisotopic (exact) mass is 358 g/mol. The first kappa shape index (κ1) is 16.6. The molecule has 0 saturated heterocycles. The third-order valence-electron chi connectivity index (χ3n) is 4.64. The molecule has 1 N–H and O–H groups in total. The molecule has 26 heavy (non-hydrogen) atoms. The zero-order chi connectivity index (χ0) is 17.9. The number of H-pyrrole nitrogens is 1. The molecule has 0 bridgehead atoms. The number of nitrogens with one attached hydrogen (secondary N) is 1. The lowest BCUT2D eigenvalue weighted by molar-refractivity contribution is 1.29. The molecule has 0 fully saturated rings. The van der Waals surface area contributed by atoms with Crippen molar-refractivity contribution in [1.29, 1.82) is 0 Å². The van der Waals surface area contributed by atoms with Gasteiger partial charge in [-0.25, -0.2) is 4.98 Å². The highest BCUT2D eigenvalue weighted by molar-refractivity contribution is 6.17. The van der Waals surface area contributed by atoms with E-state index >= 15 is 0 Å². The lowest BCUT2D eigenvalue weighted by Gasteiger charge is -2.10. The van der Waals surface area contributed by atoms with Crippen molar-refractivity contribution in [2.24, 2.45) is 0 Å². The fourth-order valence-corrected chi connectivity index (χ4v) is 3.43. The van der Waals surface area contributed by atoms with E-state index in [1.165, 1.54) is 22.3 Å². The SMILES string of the molecule is Cc1c(-c2ccccc2)cccc1-c1cnc(-c2cccc(CCl)c2)[nH]1. The van der Waals surface area contributed by atoms with Gasteiger partial charge in [0.15, 0.2) is 0 Å². The van der Waals surface area contributed by atoms with Gasteiger partial charge < -0.3 is 4.98 Å². The molecular weight excluding hydrogens is 340 g/mol. The van der Waals surface area contributed by atoms with Gasteiger partial charge in [0.05, 0.1) is 11.9 Å². The Morgan fingerprint density at radius 3 is 2.38 bits per heavy atom. The van der Waals surface area contributed by atoms with E-state index in [-0.39, 0.29) is 0 Å². The Bertz CT molecular complexity index is 1040. The molecule has 3 heteroatoms. The van der Waals surface area contributed by atoms with E-state index in [0.717, 1.165) is 22.6 Å². The average molecular weight is 359 g/mol. The van der Waals surface area contributed by atoms with Crippen LogP contribution in [0.3, 0.4) is 0 Å². The molecule has 3 aromatic carbocycles. The van der Waals surface area contributed by atoms with Crippen LogP contribution in [0, 0.1) is 6.92 Å². The summed E-state index contributed by atoms with van der Waals surface area (Å²) in [6.45, 7) is 2.16. The first-order valence-electron chi connectivity index (χ1n) is 8.62. The highest BCUT2D eigenvalue weighted by Gasteiger charge is 2.11. The molecule has 0 aliphatic carbocycles. The molecule has 1 heterocycles. The maximum absolute atomic E-state index is 5.95. The van der Waals surface area contributed by atoms with Crippen LogP contribution in [0.1, 0.15) is 11.1 Å². The van der Waals surface area contributed by atoms with Crippen molar-refractivity contribution in [2.45, 2.75) is 12.8 Å². The van der Waals surface area contributed by atoms with Crippen molar-refractivity contribution in [3.63, 3.8) is 0 Å². The van der Waals surface area contributed by atoms with Crippen molar-refractivity contribution in [2.75, 3.05) is 0 Å². The fraction of sp³-hybridized carbons (Fsp3) is 0.0870. The lowest BCUT2D eigenvalue weighted by Crippen LogP contribution is -1.89. The third-order valence-corrected chi connectivity index (χ3v) is 4.95. The van der Waals surface area contributed by atoms with E-state index in [1.807, 2.05) is 30.5 Å². The van der Waals surface area contributed by atoms with Crippen molar-refractivity contribution in [3.05, 3.63) is 90.1 Å². The van der Waals surface area contributed by atoms with Crippen molar-refractivity contribution in [3.8, 4) is 33.8 Å². The molecule has 128 valence electrons. The largest absolute Gasteiger partial charge is 0.338 e. The van der Waals surface area contributed by atoms with Gasteiger partial charge in [0.2, 0.25) is 0 Å². The predicted octanol–water partition coefficient (Wildman–Crippen LogP) is 6.46. The van der Waals surface area contributed by atoms with E-state index < -0.39 is 0 Å². The first-order chi connectivity index (χ1) is 12.8. The normalized spacial score (nSPS) is 10.8. The van der Waals surface area contributed by atoms with E-state index in [4.69, 9.17) is 11.6 Å². The van der Waals surface area contributed by atoms with Gasteiger partial charge in [-0.3, -0.25) is 0 Å². The topological polar surface area (TPSA) is 28.7 Å². The Kier molecular flexibility index (Phi) is 4.59. The van der Waals surface area contributed by atoms with E-state index in [9.17, 15) is 0 Å². The quantitative estimate of drug-likeness (QED) is 0.417. The summed E-state index contributed by atoms with van der Waals surface area (Å²) in [6.07, 6.45) is 1.90. The number of benzene rings is 3. The highest BCUT2D eigenvalue weighted by atomic mass is 35.5. The maximum atomic E-state index is 5.95. The van der Waals surface area contributed by atoms with Gasteiger partial charge in [-0.15, -0.1) is 11.6 Å². The minimum absolute atomic E-state index is 0.500. The van der Waals surface area contributed by atoms with Crippen LogP contribution in [0.4, 0.5) is 0 Å². The molecule has 1 aromatic heterocycles. The van der Waals surface area contributed by atoms with Gasteiger partial charge in [0, 0.05) is 17.0 Å². The number of aromatic amines is 1. The van der Waals surface area contributed by atoms with Gasteiger partial charge in [0.25, 0.3) is 0 Å². The standard InChI is InChI=1S/C23H19ClN2/c1-16-20(18-8-3-2-4-9-18)11-6-12-21(16)22-15-25-23(26-22)19-10-5-7-17(13-19)14-24/h2-13,15H,14H2,1H3,(H,25,26). The third kappa shape index (κ3) is 3.16. The molecule has 0 spiro atoms. The minimum atomic E-state index is 0.500. The number of alkyl halides is 1. The second-order valence-electron chi connectivity index (χ2n) is 6.32. The van der Waals surface area contributed by atoms with Crippen LogP contribution >= 0.6 is 11.6 Å². The highest BCUT2D eigenvalue weighted by Crippen LogP contribution is 2.32. The number of aromatic nitrogens is 2. The van der Waals surface area contributed by atoms with Gasteiger partial charge >= 0.3 is 0 Å². The number of imidazole rings is 1. The Morgan fingerprint density at radius 2 is 1.58 bits per heavy atom. The summed E-state index contributed by atoms with van der Waals surface area (Å²) in [5, 5.41) is 0. The Balaban J connectivity index is 1.74. The second-order valence-corrected chi connectivity index (χ2v) is 6.59. The lowest BCUT2D eigenvalue weighted by atomic mass is 9.95. The van der Waals surface area contributed by atoms with Crippen LogP contribution in [0.25, 0.3) is 33.8 Å². The van der Waals surface area contributed by atoms with Crippen molar-refractivity contribution < 1.29 is 0 Å². The smallest absolute Gasteiger partial charge is 0.137 e. The summed E-state index contributed by atoms with van der Waals surface area (Å²) in [5.74, 6) is 1.36. The van der Waals surface area contributed by atoms with Gasteiger partial charge in [0.1, 0.15) is 5.82 Å². The van der Waals surface area contributed by atoms with E-state index in [0.29, 0.717) is 5.88 Å². The number of hydrogen-bond acceptors (Lipinski definition) is 1. The summed E-state index contributed by atoms with van der Waals surface area (Å²) in [7, 11) is 0. The molecule has 4 rings (SSSR count). The average Bonchev–Trinajstić information content (AvgIpc) is 3.19. The molecule has 0 saturated carbocycles. The molecule has 0 unspecified atom stereocenters. The van der Waals surface area contributed by atoms with Crippen LogP contribution in [-0.2, 0) is 5.88 Å². The summed E-state index contributed by atoms with van der Waals surface area (Å²) < 4.78 is 0. The zero-order valence-electron chi connectivity index (χ0n) is 14.5. The molecule has 0 aliphatic heterocycles. The van der Waals surface area contributed by atoms with E-state index in [2.05, 4.69) is 65.4 Å². The fourth-order valence-electron chi connectivity index (χ4n) is 3.26. The van der Waals surface area contributed by atoms with Gasteiger partial charge in [-0.2, -0.15) is 0 Å². The Labute approximate surface area is 158 Å². The van der Waals surface area contributed by atoms with Crippen LogP contribution in [-0.4, -0.2) is 9.97 Å². The number of hydrogen-bond donors (Lipinski definition) is 1. The first-order valence-corrected chi connectivity index (χ1v) is 9.15. The molecule has 4 aromatic rings. The molecule has 0 aliphatic rings. The van der Waals surface area contributed by atoms with Gasteiger partial charge in [-0.1, -0.05) is 66.7 Å². The van der Waals surface area contributed by atoms with Crippen LogP contribution < -0.4 is 0 Å².